The van der Waals surface area contributed by atoms with Crippen LogP contribution in [0.4, 0.5) is 0 Å². The Hall–Kier alpha value is -8.94. The SMILES string of the molecule is CC(C)(C)c1ccc(-c2c3ccc(-n4c5ccc(C#N)cc5c5cc(C#N)ccc54)cc3c(-c3ccc(C(C)(C)C)cc3)c3ccc(-n4c5ccc(C#N)cc5c5cc(C#N)ccc54)cc23)cc1. The van der Waals surface area contributed by atoms with Crippen LogP contribution in [-0.2, 0) is 10.8 Å². The highest BCUT2D eigenvalue weighted by molar-refractivity contribution is 6.23. The van der Waals surface area contributed by atoms with Gasteiger partial charge >= 0.3 is 0 Å². The maximum atomic E-state index is 9.94. The number of nitrogens with zero attached hydrogens (tertiary/aromatic N) is 6. The molecule has 0 amide bonds. The monoisotopic (exact) mass is 872 g/mol. The average Bonchev–Trinajstić information content (AvgIpc) is 3.85. The second-order valence-corrected chi connectivity index (χ2v) is 19.9. The van der Waals surface area contributed by atoms with Gasteiger partial charge in [0.15, 0.2) is 0 Å². The second-order valence-electron chi connectivity index (χ2n) is 19.9. The van der Waals surface area contributed by atoms with Gasteiger partial charge in [-0.05, 0) is 163 Å². The molecule has 9 aromatic carbocycles. The van der Waals surface area contributed by atoms with Crippen molar-refractivity contribution in [2.75, 3.05) is 0 Å². The smallest absolute Gasteiger partial charge is 0.0991 e. The van der Waals surface area contributed by atoms with Gasteiger partial charge in [0.05, 0.1) is 68.6 Å². The molecule has 0 atom stereocenters. The summed E-state index contributed by atoms with van der Waals surface area (Å²) in [5.41, 5.74) is 14.8. The molecule has 0 unspecified atom stereocenters. The van der Waals surface area contributed by atoms with Crippen LogP contribution in [0.1, 0.15) is 74.9 Å². The van der Waals surface area contributed by atoms with Crippen LogP contribution in [0.5, 0.6) is 0 Å². The molecule has 0 saturated carbocycles. The van der Waals surface area contributed by atoms with Crippen molar-refractivity contribution in [3.8, 4) is 57.9 Å². The number of hydrogen-bond donors (Lipinski definition) is 0. The molecule has 68 heavy (non-hydrogen) atoms. The van der Waals surface area contributed by atoms with Gasteiger partial charge in [0.25, 0.3) is 0 Å². The Morgan fingerprint density at radius 3 is 0.868 bits per heavy atom. The number of rotatable bonds is 4. The van der Waals surface area contributed by atoms with E-state index in [9.17, 15) is 21.0 Å². The Morgan fingerprint density at radius 1 is 0.309 bits per heavy atom. The molecule has 6 heteroatoms. The summed E-state index contributed by atoms with van der Waals surface area (Å²) >= 11 is 0. The quantitative estimate of drug-likeness (QED) is 0.164. The van der Waals surface area contributed by atoms with Crippen LogP contribution in [0.25, 0.3) is 98.8 Å². The highest BCUT2D eigenvalue weighted by atomic mass is 15.0. The first kappa shape index (κ1) is 41.7. The molecule has 0 aliphatic carbocycles. The van der Waals surface area contributed by atoms with Crippen molar-refractivity contribution in [1.82, 2.24) is 9.13 Å². The maximum absolute atomic E-state index is 9.94. The molecule has 0 saturated heterocycles. The highest BCUT2D eigenvalue weighted by Gasteiger charge is 2.23. The van der Waals surface area contributed by atoms with Gasteiger partial charge in [0, 0.05) is 32.9 Å². The lowest BCUT2D eigenvalue weighted by atomic mass is 9.82. The topological polar surface area (TPSA) is 105 Å². The molecule has 0 spiro atoms. The highest BCUT2D eigenvalue weighted by Crippen LogP contribution is 2.47. The summed E-state index contributed by atoms with van der Waals surface area (Å²) in [5.74, 6) is 0. The van der Waals surface area contributed by atoms with Crippen molar-refractivity contribution < 1.29 is 0 Å². The van der Waals surface area contributed by atoms with Gasteiger partial charge < -0.3 is 9.13 Å². The fraction of sp³-hybridized carbons (Fsp3) is 0.129. The third-order valence-electron chi connectivity index (χ3n) is 13.7. The van der Waals surface area contributed by atoms with Gasteiger partial charge in [-0.3, -0.25) is 0 Å². The minimum Gasteiger partial charge on any atom is -0.309 e. The minimum absolute atomic E-state index is 0.0362. The first-order valence-corrected chi connectivity index (χ1v) is 22.8. The molecule has 322 valence electrons. The molecule has 0 aliphatic rings. The van der Waals surface area contributed by atoms with Crippen molar-refractivity contribution >= 4 is 65.2 Å². The molecular formula is C62H44N6. The molecule has 0 bridgehead atoms. The lowest BCUT2D eigenvalue weighted by Crippen LogP contribution is -2.10. The lowest BCUT2D eigenvalue weighted by Gasteiger charge is -2.23. The zero-order valence-corrected chi connectivity index (χ0v) is 38.7. The zero-order valence-electron chi connectivity index (χ0n) is 38.7. The number of fused-ring (bicyclic) bond motifs is 8. The van der Waals surface area contributed by atoms with Crippen LogP contribution >= 0.6 is 0 Å². The molecule has 6 nitrogen and oxygen atoms in total. The summed E-state index contributed by atoms with van der Waals surface area (Å²) in [6.45, 7) is 13.4. The fourth-order valence-electron chi connectivity index (χ4n) is 10.3. The van der Waals surface area contributed by atoms with Crippen LogP contribution in [0.2, 0.25) is 0 Å². The van der Waals surface area contributed by atoms with Crippen molar-refractivity contribution in [3.63, 3.8) is 0 Å². The standard InChI is InChI=1S/C62H44N6/c1-61(2,3)43-15-11-41(12-16-43)59-47-21-19-46(68-57-25-9-39(35-65)29-51(57)52-30-40(36-66)10-26-58(52)68)32-54(47)60(42-13-17-44(18-14-42)62(4,5)6)48-22-20-45(31-53(48)59)67-55-23-7-37(33-63)27-49(55)50-28-38(34-64)8-24-56(50)67/h7-32H,1-6H3. The normalized spacial score (nSPS) is 11.9. The van der Waals surface area contributed by atoms with E-state index in [-0.39, 0.29) is 10.8 Å². The number of nitriles is 4. The Morgan fingerprint density at radius 2 is 0.603 bits per heavy atom. The van der Waals surface area contributed by atoms with Crippen molar-refractivity contribution in [3.05, 3.63) is 191 Å². The molecule has 0 fully saturated rings. The van der Waals surface area contributed by atoms with E-state index < -0.39 is 0 Å². The van der Waals surface area contributed by atoms with Crippen LogP contribution in [-0.4, -0.2) is 9.13 Å². The Kier molecular flexibility index (Phi) is 9.41. The van der Waals surface area contributed by atoms with E-state index in [0.717, 1.165) is 98.8 Å². The van der Waals surface area contributed by atoms with E-state index >= 15 is 0 Å². The van der Waals surface area contributed by atoms with E-state index in [1.807, 2.05) is 72.8 Å². The van der Waals surface area contributed by atoms with Gasteiger partial charge in [-0.1, -0.05) is 102 Å². The summed E-state index contributed by atoms with van der Waals surface area (Å²) in [6.07, 6.45) is 0. The van der Waals surface area contributed by atoms with Gasteiger partial charge in [0.2, 0.25) is 0 Å². The largest absolute Gasteiger partial charge is 0.309 e. The molecule has 0 aliphatic heterocycles. The fourth-order valence-corrected chi connectivity index (χ4v) is 10.3. The van der Waals surface area contributed by atoms with Gasteiger partial charge in [-0.15, -0.1) is 0 Å². The van der Waals surface area contributed by atoms with Crippen molar-refractivity contribution in [2.45, 2.75) is 52.4 Å². The van der Waals surface area contributed by atoms with Gasteiger partial charge in [-0.2, -0.15) is 21.0 Å². The van der Waals surface area contributed by atoms with E-state index in [4.69, 9.17) is 0 Å². The van der Waals surface area contributed by atoms with Crippen LogP contribution in [0, 0.1) is 45.3 Å². The summed E-state index contributed by atoms with van der Waals surface area (Å²) in [5, 5.41) is 47.8. The summed E-state index contributed by atoms with van der Waals surface area (Å²) in [7, 11) is 0. The minimum atomic E-state index is -0.0362. The first-order valence-electron chi connectivity index (χ1n) is 22.8. The van der Waals surface area contributed by atoms with Crippen molar-refractivity contribution in [1.29, 1.82) is 21.0 Å². The summed E-state index contributed by atoms with van der Waals surface area (Å²) in [6, 6.07) is 64.0. The molecule has 2 heterocycles. The lowest BCUT2D eigenvalue weighted by molar-refractivity contribution is 0.590. The number of hydrogen-bond acceptors (Lipinski definition) is 4. The summed E-state index contributed by atoms with van der Waals surface area (Å²) < 4.78 is 4.50. The zero-order chi connectivity index (χ0) is 47.2. The predicted molar refractivity (Wildman–Crippen MR) is 277 cm³/mol. The third-order valence-corrected chi connectivity index (χ3v) is 13.7. The number of benzene rings is 9. The Balaban J connectivity index is 1.27. The maximum Gasteiger partial charge on any atom is 0.0991 e. The van der Waals surface area contributed by atoms with Gasteiger partial charge in [0.1, 0.15) is 0 Å². The van der Waals surface area contributed by atoms with E-state index in [1.54, 1.807) is 0 Å². The molecule has 0 N–H and O–H groups in total. The van der Waals surface area contributed by atoms with Crippen LogP contribution in [0.3, 0.4) is 0 Å². The first-order chi connectivity index (χ1) is 32.8. The number of aromatic nitrogens is 2. The molecular weight excluding hydrogens is 829 g/mol. The van der Waals surface area contributed by atoms with E-state index in [2.05, 4.69) is 160 Å². The second kappa shape index (κ2) is 15.3. The molecule has 0 radical (unpaired) electrons. The third kappa shape index (κ3) is 6.58. The Labute approximate surface area is 395 Å². The predicted octanol–water partition coefficient (Wildman–Crippen LogP) is 15.6. The van der Waals surface area contributed by atoms with E-state index in [1.165, 1.54) is 11.1 Å². The molecule has 2 aromatic heterocycles. The molecule has 11 aromatic rings. The van der Waals surface area contributed by atoms with Crippen LogP contribution < -0.4 is 0 Å². The van der Waals surface area contributed by atoms with Gasteiger partial charge in [-0.25, -0.2) is 0 Å². The average molecular weight is 873 g/mol. The van der Waals surface area contributed by atoms with E-state index in [0.29, 0.717) is 22.3 Å². The summed E-state index contributed by atoms with van der Waals surface area (Å²) in [4.78, 5) is 0. The van der Waals surface area contributed by atoms with Crippen molar-refractivity contribution in [2.24, 2.45) is 0 Å². The molecule has 11 rings (SSSR count). The Bertz CT molecular complexity index is 3710. The van der Waals surface area contributed by atoms with Crippen LogP contribution in [0.15, 0.2) is 158 Å².